The van der Waals surface area contributed by atoms with Crippen LogP contribution in [0.25, 0.3) is 0 Å². The highest BCUT2D eigenvalue weighted by Gasteiger charge is 2.48. The maximum Gasteiger partial charge on any atom is 0.354 e. The number of aliphatic hydroxyl groups is 1. The van der Waals surface area contributed by atoms with Crippen LogP contribution in [-0.4, -0.2) is 69.6 Å². The first-order chi connectivity index (χ1) is 25.0. The van der Waals surface area contributed by atoms with Gasteiger partial charge in [0.2, 0.25) is 5.60 Å². The van der Waals surface area contributed by atoms with Crippen molar-refractivity contribution in [3.63, 3.8) is 0 Å². The van der Waals surface area contributed by atoms with Crippen molar-refractivity contribution in [1.29, 1.82) is 0 Å². The second-order valence-corrected chi connectivity index (χ2v) is 14.5. The minimum atomic E-state index is -2.31. The van der Waals surface area contributed by atoms with E-state index in [2.05, 4.69) is 15.9 Å². The van der Waals surface area contributed by atoms with Crippen LogP contribution in [0, 0.1) is 55.4 Å². The van der Waals surface area contributed by atoms with E-state index >= 15 is 0 Å². The Kier molecular flexibility index (Phi) is 11.7. The number of carbonyl (C=O) groups is 5. The number of phenols is 1. The molecule has 12 nitrogen and oxygen atoms in total. The molecule has 0 aromatic heterocycles. The number of hydrogen-bond acceptors (Lipinski definition) is 11. The number of hydrogen-bond donors (Lipinski definition) is 3. The first kappa shape index (κ1) is 41.5. The number of ketones is 1. The number of nitrogens with zero attached hydrogens (tertiary/aromatic N) is 1. The van der Waals surface area contributed by atoms with Crippen LogP contribution in [0.5, 0.6) is 23.0 Å². The Bertz CT molecular complexity index is 2190. The van der Waals surface area contributed by atoms with Gasteiger partial charge in [-0.1, -0.05) is 6.92 Å². The van der Waals surface area contributed by atoms with Gasteiger partial charge in [-0.25, -0.2) is 19.2 Å². The van der Waals surface area contributed by atoms with E-state index < -0.39 is 41.0 Å². The molecule has 0 bridgehead atoms. The molecule has 3 aromatic rings. The van der Waals surface area contributed by atoms with Crippen molar-refractivity contribution in [2.75, 3.05) is 14.1 Å². The number of aryl methyl sites for hydroxylation is 1. The third-order valence-corrected chi connectivity index (χ3v) is 11.0. The number of ether oxygens (including phenoxy) is 3. The fourth-order valence-electron chi connectivity index (χ4n) is 6.85. The molecule has 0 fully saturated rings. The summed E-state index contributed by atoms with van der Waals surface area (Å²) < 4.78 is 17.3. The normalized spacial score (nSPS) is 15.3. The van der Waals surface area contributed by atoms with Crippen LogP contribution in [0.4, 0.5) is 0 Å². The van der Waals surface area contributed by atoms with E-state index in [0.717, 1.165) is 12.2 Å². The molecule has 286 valence electrons. The predicted octanol–water partition coefficient (Wildman–Crippen LogP) is 6.93. The first-order valence-corrected chi connectivity index (χ1v) is 17.8. The Balaban J connectivity index is 1.70. The number of carbonyl (C=O) groups excluding carboxylic acids is 4. The summed E-state index contributed by atoms with van der Waals surface area (Å²) in [6, 6.07) is 1.54. The zero-order chi connectivity index (χ0) is 40.9. The fraction of sp³-hybridized carbons (Fsp3) is 0.341. The second-order valence-electron chi connectivity index (χ2n) is 13.7. The molecule has 54 heavy (non-hydrogen) atoms. The van der Waals surface area contributed by atoms with E-state index in [1.165, 1.54) is 24.8 Å². The number of allylic oxidation sites excluding steroid dienone is 2. The highest BCUT2D eigenvalue weighted by atomic mass is 79.9. The summed E-state index contributed by atoms with van der Waals surface area (Å²) in [5.41, 5.74) is 1.97. The van der Waals surface area contributed by atoms with Crippen molar-refractivity contribution in [1.82, 2.24) is 4.90 Å². The van der Waals surface area contributed by atoms with Gasteiger partial charge in [-0.3, -0.25) is 4.79 Å². The van der Waals surface area contributed by atoms with Crippen LogP contribution in [0.3, 0.4) is 0 Å². The average Bonchev–Trinajstić information content (AvgIpc) is 3.08. The maximum atomic E-state index is 13.8. The molecule has 0 unspecified atom stereocenters. The number of esters is 3. The fourth-order valence-corrected chi connectivity index (χ4v) is 7.43. The molecular weight excluding hydrogens is 762 g/mol. The highest BCUT2D eigenvalue weighted by Crippen LogP contribution is 2.44. The van der Waals surface area contributed by atoms with Crippen molar-refractivity contribution in [3.05, 3.63) is 101 Å². The monoisotopic (exact) mass is 805 g/mol. The van der Waals surface area contributed by atoms with E-state index in [4.69, 9.17) is 14.2 Å². The summed E-state index contributed by atoms with van der Waals surface area (Å²) >= 11 is 3.25. The van der Waals surface area contributed by atoms with Gasteiger partial charge in [-0.15, -0.1) is 0 Å². The molecule has 13 heteroatoms. The van der Waals surface area contributed by atoms with Crippen LogP contribution in [0.15, 0.2) is 34.0 Å². The van der Waals surface area contributed by atoms with E-state index in [9.17, 15) is 39.3 Å². The molecule has 1 aliphatic carbocycles. The lowest BCUT2D eigenvalue weighted by Crippen LogP contribution is -2.50. The van der Waals surface area contributed by atoms with E-state index in [1.54, 1.807) is 62.6 Å². The summed E-state index contributed by atoms with van der Waals surface area (Å²) in [7, 11) is 3.13. The molecule has 3 N–H and O–H groups in total. The summed E-state index contributed by atoms with van der Waals surface area (Å²) in [4.78, 5) is 66.6. The first-order valence-electron chi connectivity index (χ1n) is 17.0. The standard InChI is InChI=1S/C41H44BrNO11/c1-13-27-25(10)30(38(48)53-35-22(7)19(4)31(37(46)47)20(5)23(35)8)17(2)14-28(27)52-39(49)32-21(6)24(9)36(33(42)34(32)45)54-40(50)41(51)18(3)15-26(44)16-29(41)43(11)12/h14-16,45,51H,13H2,1-12H3,(H,46,47)/t41-/m1/s1. The quantitative estimate of drug-likeness (QED) is 0.150. The van der Waals surface area contributed by atoms with E-state index in [1.807, 2.05) is 6.92 Å². The predicted molar refractivity (Wildman–Crippen MR) is 204 cm³/mol. The summed E-state index contributed by atoms with van der Waals surface area (Å²) in [6.45, 7) is 16.5. The number of benzene rings is 3. The van der Waals surface area contributed by atoms with E-state index in [-0.39, 0.29) is 60.8 Å². The largest absolute Gasteiger partial charge is 0.506 e. The minimum Gasteiger partial charge on any atom is -0.506 e. The molecule has 4 rings (SSSR count). The Morgan fingerprint density at radius 1 is 0.741 bits per heavy atom. The minimum absolute atomic E-state index is 0.00571. The molecule has 0 heterocycles. The van der Waals surface area contributed by atoms with Gasteiger partial charge in [0, 0.05) is 20.2 Å². The van der Waals surface area contributed by atoms with Crippen molar-refractivity contribution in [2.45, 2.75) is 81.3 Å². The number of carboxylic acid groups (broad SMARTS) is 1. The molecule has 0 saturated heterocycles. The summed E-state index contributed by atoms with van der Waals surface area (Å²) in [6.07, 6.45) is 2.62. The Morgan fingerprint density at radius 3 is 1.78 bits per heavy atom. The number of phenolic OH excluding ortho intramolecular Hbond substituents is 1. The van der Waals surface area contributed by atoms with Gasteiger partial charge in [0.15, 0.2) is 11.5 Å². The number of halogens is 1. The topological polar surface area (TPSA) is 177 Å². The lowest BCUT2D eigenvalue weighted by Gasteiger charge is -2.35. The van der Waals surface area contributed by atoms with Gasteiger partial charge in [-0.05, 0) is 152 Å². The number of aromatic hydroxyl groups is 1. The zero-order valence-electron chi connectivity index (χ0n) is 32.4. The Morgan fingerprint density at radius 2 is 1.26 bits per heavy atom. The SMILES string of the molecule is CCc1c(OC(=O)c2c(C)c(C)c(OC(=O)[C@@]3(O)C(C)=CC(=O)C=C3N(C)C)c(Br)c2O)cc(C)c(C(=O)Oc2c(C)c(C)c(C(=O)O)c(C)c2C)c1C. The van der Waals surface area contributed by atoms with Crippen LogP contribution in [0.1, 0.15) is 95.0 Å². The highest BCUT2D eigenvalue weighted by molar-refractivity contribution is 9.10. The van der Waals surface area contributed by atoms with Gasteiger partial charge in [0.05, 0.1) is 16.8 Å². The van der Waals surface area contributed by atoms with Gasteiger partial charge >= 0.3 is 23.9 Å². The molecule has 1 aliphatic rings. The summed E-state index contributed by atoms with van der Waals surface area (Å²) in [5, 5.41) is 32.6. The molecular formula is C41H44BrNO11. The zero-order valence-corrected chi connectivity index (χ0v) is 34.0. The number of rotatable bonds is 9. The van der Waals surface area contributed by atoms with Crippen molar-refractivity contribution >= 4 is 45.6 Å². The van der Waals surface area contributed by atoms with Gasteiger partial charge in [0.25, 0.3) is 0 Å². The number of likely N-dealkylation sites (N-methyl/N-ethyl adjacent to an activating group) is 1. The molecule has 1 atom stereocenters. The molecule has 0 aliphatic heterocycles. The third kappa shape index (κ3) is 6.93. The summed E-state index contributed by atoms with van der Waals surface area (Å²) in [5.74, 6) is -4.50. The van der Waals surface area contributed by atoms with Crippen LogP contribution >= 0.6 is 15.9 Å². The van der Waals surface area contributed by atoms with Gasteiger partial charge < -0.3 is 34.4 Å². The average molecular weight is 807 g/mol. The van der Waals surface area contributed by atoms with Crippen LogP contribution < -0.4 is 14.2 Å². The Labute approximate surface area is 322 Å². The van der Waals surface area contributed by atoms with Crippen molar-refractivity contribution in [3.8, 4) is 23.0 Å². The molecule has 3 aromatic carbocycles. The lowest BCUT2D eigenvalue weighted by atomic mass is 9.85. The molecule has 0 saturated carbocycles. The molecule has 0 spiro atoms. The second kappa shape index (κ2) is 15.2. The Hall–Kier alpha value is -5.27. The lowest BCUT2D eigenvalue weighted by molar-refractivity contribution is -0.149. The third-order valence-electron chi connectivity index (χ3n) is 10.3. The molecule has 0 radical (unpaired) electrons. The van der Waals surface area contributed by atoms with E-state index in [0.29, 0.717) is 45.4 Å². The van der Waals surface area contributed by atoms with Crippen LogP contribution in [0.2, 0.25) is 0 Å². The van der Waals surface area contributed by atoms with Crippen molar-refractivity contribution in [2.24, 2.45) is 0 Å². The number of aromatic carboxylic acids is 1. The molecule has 0 amide bonds. The number of carboxylic acids is 1. The smallest absolute Gasteiger partial charge is 0.354 e. The maximum absolute atomic E-state index is 13.8. The van der Waals surface area contributed by atoms with Crippen LogP contribution in [-0.2, 0) is 16.0 Å². The van der Waals surface area contributed by atoms with Crippen molar-refractivity contribution < 1.29 is 53.5 Å². The van der Waals surface area contributed by atoms with Gasteiger partial charge in [0.1, 0.15) is 27.3 Å². The van der Waals surface area contributed by atoms with Gasteiger partial charge in [-0.2, -0.15) is 0 Å².